The van der Waals surface area contributed by atoms with Crippen LogP contribution in [-0.4, -0.2) is 33.0 Å². The molecule has 0 aliphatic heterocycles. The van der Waals surface area contributed by atoms with E-state index in [2.05, 4.69) is 0 Å². The molecule has 0 amide bonds. The van der Waals surface area contributed by atoms with Gasteiger partial charge in [0.15, 0.2) is 11.5 Å². The second-order valence-corrected chi connectivity index (χ2v) is 3.19. The normalized spacial score (nSPS) is 9.41. The van der Waals surface area contributed by atoms with Crippen molar-refractivity contribution in [1.82, 2.24) is 0 Å². The molecule has 0 unspecified atom stereocenters. The molecule has 6 heteroatoms. The van der Waals surface area contributed by atoms with Gasteiger partial charge in [-0.05, 0) is 19.0 Å². The maximum absolute atomic E-state index is 9.94. The third kappa shape index (κ3) is 3.08. The van der Waals surface area contributed by atoms with Gasteiger partial charge >= 0.3 is 0 Å². The SMILES string of the molecule is COc1cc(CCN)c(O)c(OC)c1OC.Cl. The number of rotatable bonds is 5. The predicted molar refractivity (Wildman–Crippen MR) is 67.8 cm³/mol. The van der Waals surface area contributed by atoms with E-state index in [1.165, 1.54) is 21.3 Å². The van der Waals surface area contributed by atoms with E-state index in [0.29, 0.717) is 30.0 Å². The predicted octanol–water partition coefficient (Wildman–Crippen LogP) is 1.34. The first-order valence-electron chi connectivity index (χ1n) is 4.90. The molecule has 1 aromatic carbocycles. The number of aromatic hydroxyl groups is 1. The topological polar surface area (TPSA) is 73.9 Å². The number of hydrogen-bond acceptors (Lipinski definition) is 5. The molecule has 0 saturated carbocycles. The summed E-state index contributed by atoms with van der Waals surface area (Å²) in [5.41, 5.74) is 6.14. The highest BCUT2D eigenvalue weighted by atomic mass is 35.5. The van der Waals surface area contributed by atoms with Gasteiger partial charge in [-0.25, -0.2) is 0 Å². The van der Waals surface area contributed by atoms with E-state index in [0.717, 1.165) is 0 Å². The van der Waals surface area contributed by atoms with Crippen LogP contribution in [-0.2, 0) is 6.42 Å². The van der Waals surface area contributed by atoms with E-state index in [1.807, 2.05) is 0 Å². The highest BCUT2D eigenvalue weighted by Crippen LogP contribution is 2.45. The van der Waals surface area contributed by atoms with Gasteiger partial charge in [0, 0.05) is 5.56 Å². The van der Waals surface area contributed by atoms with Gasteiger partial charge in [0.05, 0.1) is 21.3 Å². The second kappa shape index (κ2) is 7.09. The lowest BCUT2D eigenvalue weighted by Crippen LogP contribution is -2.04. The number of hydrogen-bond donors (Lipinski definition) is 2. The summed E-state index contributed by atoms with van der Waals surface area (Å²) in [6, 6.07) is 1.70. The summed E-state index contributed by atoms with van der Waals surface area (Å²) < 4.78 is 15.4. The summed E-state index contributed by atoms with van der Waals surface area (Å²) >= 11 is 0. The lowest BCUT2D eigenvalue weighted by Gasteiger charge is -2.15. The zero-order valence-corrected chi connectivity index (χ0v) is 11.0. The minimum Gasteiger partial charge on any atom is -0.504 e. The van der Waals surface area contributed by atoms with Crippen molar-refractivity contribution in [2.75, 3.05) is 27.9 Å². The minimum absolute atomic E-state index is 0. The van der Waals surface area contributed by atoms with Crippen LogP contribution in [0.3, 0.4) is 0 Å². The zero-order chi connectivity index (χ0) is 12.1. The molecule has 5 nitrogen and oxygen atoms in total. The maximum atomic E-state index is 9.94. The van der Waals surface area contributed by atoms with E-state index < -0.39 is 0 Å². The van der Waals surface area contributed by atoms with Gasteiger partial charge in [0.2, 0.25) is 11.5 Å². The largest absolute Gasteiger partial charge is 0.504 e. The summed E-state index contributed by atoms with van der Waals surface area (Å²) in [6.45, 7) is 0.437. The molecule has 0 aromatic heterocycles. The first-order valence-corrected chi connectivity index (χ1v) is 4.90. The standard InChI is InChI=1S/C11H17NO4.ClH/c1-14-8-6-7(4-5-12)9(13)11(16-3)10(8)15-2;/h6,13H,4-5,12H2,1-3H3;1H. The highest BCUT2D eigenvalue weighted by molar-refractivity contribution is 5.85. The Balaban J connectivity index is 0.00000256. The van der Waals surface area contributed by atoms with Crippen LogP contribution in [0.25, 0.3) is 0 Å². The van der Waals surface area contributed by atoms with E-state index in [4.69, 9.17) is 19.9 Å². The molecule has 3 N–H and O–H groups in total. The molecule has 0 radical (unpaired) electrons. The van der Waals surface area contributed by atoms with Crippen LogP contribution in [0.2, 0.25) is 0 Å². The Bertz CT molecular complexity index is 371. The van der Waals surface area contributed by atoms with Crippen molar-refractivity contribution in [2.45, 2.75) is 6.42 Å². The van der Waals surface area contributed by atoms with Crippen molar-refractivity contribution >= 4 is 12.4 Å². The van der Waals surface area contributed by atoms with Crippen molar-refractivity contribution in [1.29, 1.82) is 0 Å². The molecule has 98 valence electrons. The molecule has 0 atom stereocenters. The van der Waals surface area contributed by atoms with Crippen LogP contribution in [0.4, 0.5) is 0 Å². The maximum Gasteiger partial charge on any atom is 0.207 e. The average molecular weight is 264 g/mol. The summed E-state index contributed by atoms with van der Waals surface area (Å²) in [4.78, 5) is 0. The van der Waals surface area contributed by atoms with Gasteiger partial charge in [0.25, 0.3) is 0 Å². The van der Waals surface area contributed by atoms with Crippen molar-refractivity contribution in [3.8, 4) is 23.0 Å². The van der Waals surface area contributed by atoms with Crippen LogP contribution >= 0.6 is 12.4 Å². The van der Waals surface area contributed by atoms with Gasteiger partial charge < -0.3 is 25.1 Å². The molecule has 1 aromatic rings. The Kier molecular flexibility index (Phi) is 6.53. The molecule has 0 heterocycles. The van der Waals surface area contributed by atoms with Crippen LogP contribution in [0.5, 0.6) is 23.0 Å². The van der Waals surface area contributed by atoms with E-state index in [1.54, 1.807) is 6.07 Å². The number of phenolic OH excluding ortho intramolecular Hbond substituents is 1. The lowest BCUT2D eigenvalue weighted by atomic mass is 10.1. The van der Waals surface area contributed by atoms with Crippen LogP contribution in [0.1, 0.15) is 5.56 Å². The number of phenols is 1. The molecule has 0 aliphatic rings. The number of nitrogens with two attached hydrogens (primary N) is 1. The summed E-state index contributed by atoms with van der Waals surface area (Å²) in [7, 11) is 4.48. The van der Waals surface area contributed by atoms with E-state index >= 15 is 0 Å². The number of ether oxygens (including phenoxy) is 3. The summed E-state index contributed by atoms with van der Waals surface area (Å²) in [5.74, 6) is 1.21. The monoisotopic (exact) mass is 263 g/mol. The van der Waals surface area contributed by atoms with Gasteiger partial charge in [-0.1, -0.05) is 0 Å². The Hall–Kier alpha value is -1.33. The van der Waals surface area contributed by atoms with E-state index in [-0.39, 0.29) is 23.9 Å². The third-order valence-corrected chi connectivity index (χ3v) is 2.30. The first kappa shape index (κ1) is 15.7. The van der Waals surface area contributed by atoms with Crippen molar-refractivity contribution < 1.29 is 19.3 Å². The third-order valence-electron chi connectivity index (χ3n) is 2.30. The first-order chi connectivity index (χ1) is 7.69. The summed E-state index contributed by atoms with van der Waals surface area (Å²) in [6.07, 6.45) is 0.544. The molecule has 0 saturated heterocycles. The van der Waals surface area contributed by atoms with Gasteiger partial charge in [0.1, 0.15) is 0 Å². The Morgan fingerprint density at radius 1 is 1.12 bits per heavy atom. The number of halogens is 1. The molecule has 0 spiro atoms. The lowest BCUT2D eigenvalue weighted by molar-refractivity contribution is 0.309. The fourth-order valence-electron chi connectivity index (χ4n) is 1.54. The zero-order valence-electron chi connectivity index (χ0n) is 10.1. The highest BCUT2D eigenvalue weighted by Gasteiger charge is 2.19. The van der Waals surface area contributed by atoms with Crippen molar-refractivity contribution in [3.63, 3.8) is 0 Å². The Labute approximate surface area is 107 Å². The molecular formula is C11H18ClNO4. The molecule has 17 heavy (non-hydrogen) atoms. The van der Waals surface area contributed by atoms with Crippen LogP contribution in [0.15, 0.2) is 6.07 Å². The molecular weight excluding hydrogens is 246 g/mol. The Morgan fingerprint density at radius 2 is 1.71 bits per heavy atom. The van der Waals surface area contributed by atoms with Gasteiger partial charge in [-0.3, -0.25) is 0 Å². The second-order valence-electron chi connectivity index (χ2n) is 3.19. The van der Waals surface area contributed by atoms with Crippen LogP contribution in [0, 0.1) is 0 Å². The Morgan fingerprint density at radius 3 is 2.12 bits per heavy atom. The summed E-state index contributed by atoms with van der Waals surface area (Å²) in [5, 5.41) is 9.94. The number of methoxy groups -OCH3 is 3. The molecule has 1 rings (SSSR count). The minimum atomic E-state index is 0. The fourth-order valence-corrected chi connectivity index (χ4v) is 1.54. The fraction of sp³-hybridized carbons (Fsp3) is 0.455. The van der Waals surface area contributed by atoms with Crippen LogP contribution < -0.4 is 19.9 Å². The van der Waals surface area contributed by atoms with Crippen molar-refractivity contribution in [2.24, 2.45) is 5.73 Å². The van der Waals surface area contributed by atoms with Crippen molar-refractivity contribution in [3.05, 3.63) is 11.6 Å². The molecule has 0 bridgehead atoms. The molecule has 0 aliphatic carbocycles. The van der Waals surface area contributed by atoms with Gasteiger partial charge in [-0.2, -0.15) is 0 Å². The quantitative estimate of drug-likeness (QED) is 0.839. The number of benzene rings is 1. The van der Waals surface area contributed by atoms with Gasteiger partial charge in [-0.15, -0.1) is 12.4 Å². The van der Waals surface area contributed by atoms with E-state index in [9.17, 15) is 5.11 Å². The molecule has 0 fully saturated rings. The average Bonchev–Trinajstić information content (AvgIpc) is 2.31. The smallest absolute Gasteiger partial charge is 0.207 e.